The molecule has 0 bridgehead atoms. The van der Waals surface area contributed by atoms with E-state index in [0.29, 0.717) is 0 Å². The topological polar surface area (TPSA) is 0 Å². The summed E-state index contributed by atoms with van der Waals surface area (Å²) in [5.74, 6) is 0. The van der Waals surface area contributed by atoms with Gasteiger partial charge >= 0.3 is 12.4 Å². The van der Waals surface area contributed by atoms with E-state index in [2.05, 4.69) is 0 Å². The van der Waals surface area contributed by atoms with Crippen LogP contribution in [0.15, 0.2) is 0 Å². The highest BCUT2D eigenvalue weighted by molar-refractivity contribution is 5.20. The predicted octanol–water partition coefficient (Wildman–Crippen LogP) is 3.81. The molecule has 1 fully saturated rings. The molecule has 16 heavy (non-hydrogen) atoms. The smallest absolute Gasteiger partial charge is 0.243 e. The molecular formula is C8H8F8. The minimum atomic E-state index is -5.46. The van der Waals surface area contributed by atoms with Crippen molar-refractivity contribution in [2.24, 2.45) is 10.8 Å². The number of rotatable bonds is 0. The van der Waals surface area contributed by atoms with Gasteiger partial charge in [-0.05, 0) is 13.8 Å². The molecular weight excluding hydrogens is 248 g/mol. The molecule has 0 amide bonds. The summed E-state index contributed by atoms with van der Waals surface area (Å²) in [6.07, 6.45) is -17.3. The molecule has 0 aromatic rings. The van der Waals surface area contributed by atoms with Crippen LogP contribution in [0.25, 0.3) is 0 Å². The Labute approximate surface area is 85.6 Å². The molecule has 0 aliphatic heterocycles. The Kier molecular flexibility index (Phi) is 2.54. The van der Waals surface area contributed by atoms with Crippen LogP contribution in [0.5, 0.6) is 0 Å². The lowest BCUT2D eigenvalue weighted by atomic mass is 9.47. The van der Waals surface area contributed by atoms with Gasteiger partial charge in [0.15, 0.2) is 0 Å². The van der Waals surface area contributed by atoms with Crippen molar-refractivity contribution in [1.82, 2.24) is 0 Å². The van der Waals surface area contributed by atoms with E-state index >= 15 is 0 Å². The Morgan fingerprint density at radius 3 is 1.00 bits per heavy atom. The van der Waals surface area contributed by atoms with Crippen LogP contribution in [0.4, 0.5) is 35.1 Å². The Balaban J connectivity index is 3.31. The van der Waals surface area contributed by atoms with Gasteiger partial charge in [0, 0.05) is 0 Å². The third-order valence-corrected chi connectivity index (χ3v) is 3.62. The predicted molar refractivity (Wildman–Crippen MR) is 38.1 cm³/mol. The van der Waals surface area contributed by atoms with E-state index in [1.54, 1.807) is 0 Å². The maximum atomic E-state index is 12.9. The van der Waals surface area contributed by atoms with Crippen molar-refractivity contribution in [3.8, 4) is 0 Å². The minimum absolute atomic E-state index is 0.0568. The van der Waals surface area contributed by atoms with Crippen molar-refractivity contribution in [3.05, 3.63) is 0 Å². The van der Waals surface area contributed by atoms with Crippen LogP contribution in [0.3, 0.4) is 0 Å². The molecule has 0 heterocycles. The molecule has 0 aromatic heterocycles. The molecule has 0 N–H and O–H groups in total. The van der Waals surface area contributed by atoms with Crippen LogP contribution in [0, 0.1) is 10.8 Å². The quantitative estimate of drug-likeness (QED) is 0.578. The molecule has 0 nitrogen and oxygen atoms in total. The highest BCUT2D eigenvalue weighted by Gasteiger charge is 2.87. The molecule has 96 valence electrons. The van der Waals surface area contributed by atoms with Gasteiger partial charge in [-0.1, -0.05) is 0 Å². The summed E-state index contributed by atoms with van der Waals surface area (Å²) in [6.45, 7) is 0.114. The first kappa shape index (κ1) is 13.5. The lowest BCUT2D eigenvalue weighted by molar-refractivity contribution is -0.418. The molecule has 1 rings (SSSR count). The van der Waals surface area contributed by atoms with Crippen LogP contribution in [0.1, 0.15) is 13.8 Å². The second kappa shape index (κ2) is 3.01. The normalized spacial score (nSPS) is 45.4. The number of hydrogen-bond donors (Lipinski definition) is 0. The maximum Gasteiger partial charge on any atom is 0.398 e. The zero-order valence-corrected chi connectivity index (χ0v) is 8.18. The van der Waals surface area contributed by atoms with E-state index in [1.165, 1.54) is 0 Å². The van der Waals surface area contributed by atoms with E-state index in [-0.39, 0.29) is 13.8 Å². The lowest BCUT2D eigenvalue weighted by Crippen LogP contribution is -2.76. The van der Waals surface area contributed by atoms with E-state index in [0.717, 1.165) is 0 Å². The molecule has 4 unspecified atom stereocenters. The van der Waals surface area contributed by atoms with E-state index in [4.69, 9.17) is 0 Å². The monoisotopic (exact) mass is 256 g/mol. The summed E-state index contributed by atoms with van der Waals surface area (Å²) in [6, 6.07) is 0. The summed E-state index contributed by atoms with van der Waals surface area (Å²) >= 11 is 0. The van der Waals surface area contributed by atoms with Crippen LogP contribution in [-0.2, 0) is 0 Å². The molecule has 1 aliphatic carbocycles. The molecule has 4 atom stereocenters. The van der Waals surface area contributed by atoms with E-state index in [9.17, 15) is 35.1 Å². The van der Waals surface area contributed by atoms with Crippen LogP contribution in [-0.4, -0.2) is 24.7 Å². The van der Waals surface area contributed by atoms with Gasteiger partial charge < -0.3 is 0 Å². The second-order valence-electron chi connectivity index (χ2n) is 4.20. The van der Waals surface area contributed by atoms with Gasteiger partial charge in [0.1, 0.15) is 23.2 Å². The summed E-state index contributed by atoms with van der Waals surface area (Å²) < 4.78 is 100. The van der Waals surface area contributed by atoms with Gasteiger partial charge in [-0.3, -0.25) is 0 Å². The minimum Gasteiger partial charge on any atom is -0.243 e. The summed E-state index contributed by atoms with van der Waals surface area (Å²) in [5.41, 5.74) is -7.48. The Hall–Kier alpha value is -0.560. The molecule has 0 spiro atoms. The summed E-state index contributed by atoms with van der Waals surface area (Å²) in [5, 5.41) is 0. The van der Waals surface area contributed by atoms with Crippen LogP contribution < -0.4 is 0 Å². The van der Waals surface area contributed by atoms with Crippen LogP contribution in [0.2, 0.25) is 0 Å². The Bertz CT molecular complexity index is 261. The van der Waals surface area contributed by atoms with Crippen molar-refractivity contribution >= 4 is 0 Å². The van der Waals surface area contributed by atoms with Crippen molar-refractivity contribution in [2.75, 3.05) is 0 Å². The van der Waals surface area contributed by atoms with Crippen molar-refractivity contribution in [2.45, 2.75) is 38.5 Å². The number of halogens is 8. The molecule has 1 aliphatic rings. The Morgan fingerprint density at radius 2 is 0.875 bits per heavy atom. The highest BCUT2D eigenvalue weighted by atomic mass is 19.4. The van der Waals surface area contributed by atoms with Gasteiger partial charge in [0.25, 0.3) is 0 Å². The maximum absolute atomic E-state index is 12.9. The molecule has 1 saturated carbocycles. The third-order valence-electron chi connectivity index (χ3n) is 3.62. The summed E-state index contributed by atoms with van der Waals surface area (Å²) in [4.78, 5) is 0. The largest absolute Gasteiger partial charge is 0.398 e. The molecule has 0 radical (unpaired) electrons. The van der Waals surface area contributed by atoms with Gasteiger partial charge in [0.2, 0.25) is 0 Å². The van der Waals surface area contributed by atoms with E-state index in [1.807, 2.05) is 0 Å². The van der Waals surface area contributed by atoms with E-state index < -0.39 is 35.5 Å². The second-order valence-corrected chi connectivity index (χ2v) is 4.20. The molecule has 0 aromatic carbocycles. The zero-order valence-electron chi connectivity index (χ0n) is 8.18. The van der Waals surface area contributed by atoms with Crippen molar-refractivity contribution < 1.29 is 35.1 Å². The SMILES string of the molecule is CC1(C(F)(F)F)C(F)C(F)C1(C)C(F)(F)F. The average Bonchev–Trinajstić information content (AvgIpc) is 2.09. The fourth-order valence-corrected chi connectivity index (χ4v) is 1.96. The first-order valence-corrected chi connectivity index (χ1v) is 4.23. The number of alkyl halides is 8. The van der Waals surface area contributed by atoms with Gasteiger partial charge in [-0.2, -0.15) is 26.3 Å². The number of hydrogen-bond acceptors (Lipinski definition) is 0. The fraction of sp³-hybridized carbons (Fsp3) is 1.00. The fourth-order valence-electron chi connectivity index (χ4n) is 1.96. The zero-order chi connectivity index (χ0) is 13.2. The van der Waals surface area contributed by atoms with Gasteiger partial charge in [-0.15, -0.1) is 0 Å². The third kappa shape index (κ3) is 1.15. The lowest BCUT2D eigenvalue weighted by Gasteiger charge is -2.60. The van der Waals surface area contributed by atoms with Crippen molar-refractivity contribution in [3.63, 3.8) is 0 Å². The standard InChI is InChI=1S/C8H8F8/c1-5(7(11,12)13)3(9)4(10)6(5,2)8(14,15)16/h3-4H,1-2H3. The molecule has 0 saturated heterocycles. The van der Waals surface area contributed by atoms with Gasteiger partial charge in [-0.25, -0.2) is 8.78 Å². The van der Waals surface area contributed by atoms with Crippen molar-refractivity contribution in [1.29, 1.82) is 0 Å². The Morgan fingerprint density at radius 1 is 0.688 bits per heavy atom. The van der Waals surface area contributed by atoms with Crippen LogP contribution >= 0.6 is 0 Å². The first-order valence-electron chi connectivity index (χ1n) is 4.23. The molecule has 8 heteroatoms. The average molecular weight is 256 g/mol. The summed E-state index contributed by atoms with van der Waals surface area (Å²) in [7, 11) is 0. The first-order chi connectivity index (χ1) is 6.82. The van der Waals surface area contributed by atoms with Gasteiger partial charge in [0.05, 0.1) is 0 Å². The highest BCUT2D eigenvalue weighted by Crippen LogP contribution is 2.71.